The fourth-order valence-corrected chi connectivity index (χ4v) is 4.20. The van der Waals surface area contributed by atoms with Crippen LogP contribution >= 0.6 is 0 Å². The molecule has 2 aromatic heterocycles. The van der Waals surface area contributed by atoms with E-state index in [1.54, 1.807) is 0 Å². The molecule has 0 unspecified atom stereocenters. The van der Waals surface area contributed by atoms with Crippen LogP contribution < -0.4 is 20.5 Å². The van der Waals surface area contributed by atoms with Gasteiger partial charge in [0.2, 0.25) is 5.91 Å². The first-order valence-corrected chi connectivity index (χ1v) is 13.2. The molecule has 4 rings (SSSR count). The maximum Gasteiger partial charge on any atom is 0.419 e. The van der Waals surface area contributed by atoms with Crippen LogP contribution in [0.2, 0.25) is 0 Å². The fourth-order valence-electron chi connectivity index (χ4n) is 4.20. The van der Waals surface area contributed by atoms with Gasteiger partial charge in [0.25, 0.3) is 11.8 Å². The second-order valence-electron chi connectivity index (χ2n) is 9.68. The molecular weight excluding hydrogens is 593 g/mol. The van der Waals surface area contributed by atoms with E-state index < -0.39 is 54.2 Å². The number of aromatic nitrogens is 2. The smallest absolute Gasteiger partial charge is 0.419 e. The van der Waals surface area contributed by atoms with Crippen LogP contribution in [0.1, 0.15) is 34.3 Å². The lowest BCUT2D eigenvalue weighted by atomic mass is 10.0. The van der Waals surface area contributed by atoms with Gasteiger partial charge in [-0.05, 0) is 48.0 Å². The average molecular weight is 619 g/mol. The Bertz CT molecular complexity index is 1520. The van der Waals surface area contributed by atoms with Gasteiger partial charge in [0.1, 0.15) is 24.3 Å². The normalized spacial score (nSPS) is 14.7. The molecule has 1 aromatic carbocycles. The molecule has 0 aliphatic carbocycles. The maximum atomic E-state index is 13.8. The minimum atomic E-state index is -4.78. The molecule has 0 spiro atoms. The molecule has 3 aromatic rings. The van der Waals surface area contributed by atoms with E-state index >= 15 is 0 Å². The molecule has 0 radical (unpaired) electrons. The Hall–Kier alpha value is -5.08. The fraction of sp³-hybridized carbons (Fsp3) is 0.276. The summed E-state index contributed by atoms with van der Waals surface area (Å²) < 4.78 is 73.5. The molecule has 232 valence electrons. The van der Waals surface area contributed by atoms with Crippen LogP contribution in [0.25, 0.3) is 11.3 Å². The van der Waals surface area contributed by atoms with Gasteiger partial charge in [-0.15, -0.1) is 0 Å². The lowest BCUT2D eigenvalue weighted by Gasteiger charge is -2.31. The van der Waals surface area contributed by atoms with Gasteiger partial charge in [-0.1, -0.05) is 6.07 Å². The Morgan fingerprint density at radius 2 is 1.77 bits per heavy atom. The zero-order valence-corrected chi connectivity index (χ0v) is 22.9. The molecule has 15 heteroatoms. The first-order valence-electron chi connectivity index (χ1n) is 13.2. The van der Waals surface area contributed by atoms with Crippen molar-refractivity contribution >= 4 is 23.7 Å². The maximum absolute atomic E-state index is 13.8. The van der Waals surface area contributed by atoms with Gasteiger partial charge < -0.3 is 30.2 Å². The van der Waals surface area contributed by atoms with Gasteiger partial charge in [0.05, 0.1) is 16.8 Å². The second-order valence-corrected chi connectivity index (χ2v) is 9.68. The van der Waals surface area contributed by atoms with E-state index in [0.29, 0.717) is 5.56 Å². The Morgan fingerprint density at radius 1 is 1.02 bits per heavy atom. The van der Waals surface area contributed by atoms with E-state index in [4.69, 9.17) is 4.74 Å². The summed E-state index contributed by atoms with van der Waals surface area (Å²) in [6.07, 6.45) is -2.33. The molecule has 2 N–H and O–H groups in total. The zero-order chi connectivity index (χ0) is 31.9. The molecule has 0 bridgehead atoms. The van der Waals surface area contributed by atoms with Gasteiger partial charge in [0, 0.05) is 56.5 Å². The lowest BCUT2D eigenvalue weighted by molar-refractivity contribution is -0.242. The molecule has 1 saturated heterocycles. The minimum absolute atomic E-state index is 0.0517. The van der Waals surface area contributed by atoms with Gasteiger partial charge in [-0.3, -0.25) is 14.6 Å². The Balaban J connectivity index is 1.34. The number of hydrogen-bond acceptors (Lipinski definition) is 7. The molecule has 3 heterocycles. The van der Waals surface area contributed by atoms with Crippen LogP contribution in [0, 0.1) is 0 Å². The van der Waals surface area contributed by atoms with Crippen LogP contribution in [0.5, 0.6) is 5.75 Å². The van der Waals surface area contributed by atoms with Gasteiger partial charge in [0.15, 0.2) is 0 Å². The van der Waals surface area contributed by atoms with E-state index in [0.717, 1.165) is 18.2 Å². The highest BCUT2D eigenvalue weighted by atomic mass is 19.4. The SMILES string of the molecule is O=C([O-])Nc1ccc(CNC(=O)C=CCOc2ccc(-c3ccc(C(=O)N4CCC(F)(F)CC4)cn3)cc2C(F)(F)F)cn1. The highest BCUT2D eigenvalue weighted by Gasteiger charge is 2.36. The quantitative estimate of drug-likeness (QED) is 0.273. The van der Waals surface area contributed by atoms with E-state index in [9.17, 15) is 41.4 Å². The third-order valence-corrected chi connectivity index (χ3v) is 6.50. The van der Waals surface area contributed by atoms with Gasteiger partial charge in [-0.2, -0.15) is 13.2 Å². The summed E-state index contributed by atoms with van der Waals surface area (Å²) in [6.45, 7) is -0.505. The van der Waals surface area contributed by atoms with Crippen LogP contribution in [-0.4, -0.2) is 58.4 Å². The number of ether oxygens (including phenoxy) is 1. The number of pyridine rings is 2. The van der Waals surface area contributed by atoms with Crippen molar-refractivity contribution in [2.45, 2.75) is 31.5 Å². The first kappa shape index (κ1) is 31.8. The second kappa shape index (κ2) is 13.5. The zero-order valence-electron chi connectivity index (χ0n) is 22.9. The summed E-state index contributed by atoms with van der Waals surface area (Å²) in [5, 5.41) is 15.0. The van der Waals surface area contributed by atoms with Gasteiger partial charge in [-0.25, -0.2) is 13.8 Å². The number of carboxylic acid groups (broad SMARTS) is 1. The first-order chi connectivity index (χ1) is 20.8. The summed E-state index contributed by atoms with van der Waals surface area (Å²) in [5.41, 5.74) is -0.124. The van der Waals surface area contributed by atoms with Crippen molar-refractivity contribution in [1.82, 2.24) is 20.2 Å². The summed E-state index contributed by atoms with van der Waals surface area (Å²) in [5.74, 6) is -4.28. The summed E-state index contributed by atoms with van der Waals surface area (Å²) in [6, 6.07) is 8.98. The summed E-state index contributed by atoms with van der Waals surface area (Å²) in [7, 11) is 0. The number of anilines is 1. The van der Waals surface area contributed by atoms with E-state index in [1.807, 2.05) is 5.32 Å². The molecule has 10 nitrogen and oxygen atoms in total. The van der Waals surface area contributed by atoms with E-state index in [-0.39, 0.29) is 48.9 Å². The average Bonchev–Trinajstić information content (AvgIpc) is 2.98. The minimum Gasteiger partial charge on any atom is -0.530 e. The Labute approximate surface area is 247 Å². The number of amides is 3. The third-order valence-electron chi connectivity index (χ3n) is 6.50. The predicted octanol–water partition coefficient (Wildman–Crippen LogP) is 4.04. The molecule has 1 aliphatic heterocycles. The number of halogens is 5. The molecule has 0 saturated carbocycles. The van der Waals surface area contributed by atoms with Gasteiger partial charge >= 0.3 is 6.18 Å². The van der Waals surface area contributed by atoms with Crippen molar-refractivity contribution in [3.63, 3.8) is 0 Å². The molecule has 0 atom stereocenters. The number of hydrogen-bond donors (Lipinski definition) is 2. The number of alkyl halides is 5. The largest absolute Gasteiger partial charge is 0.530 e. The standard InChI is InChI=1S/C29H26F5N5O5/c30-28(31)9-11-39(12-10-28)26(41)20-4-6-22(35-17-20)19-5-7-23(21(14-19)29(32,33)34)44-13-1-2-25(40)37-16-18-3-8-24(36-15-18)38-27(42)43/h1-8,14-15,17H,9-13,16H2,(H,36,38)(H,37,40)(H,42,43)/p-1. The molecule has 44 heavy (non-hydrogen) atoms. The predicted molar refractivity (Wildman–Crippen MR) is 144 cm³/mol. The van der Waals surface area contributed by atoms with Crippen molar-refractivity contribution in [2.75, 3.05) is 25.0 Å². The molecule has 1 fully saturated rings. The summed E-state index contributed by atoms with van der Waals surface area (Å²) >= 11 is 0. The molecular formula is C29H25F5N5O5-. The number of piperidine rings is 1. The monoisotopic (exact) mass is 618 g/mol. The number of nitrogens with one attached hydrogen (secondary N) is 2. The number of benzene rings is 1. The van der Waals surface area contributed by atoms with Crippen molar-refractivity contribution in [3.05, 3.63) is 83.7 Å². The van der Waals surface area contributed by atoms with Crippen molar-refractivity contribution in [2.24, 2.45) is 0 Å². The third kappa shape index (κ3) is 8.72. The molecule has 3 amide bonds. The number of rotatable bonds is 9. The number of nitrogens with zero attached hydrogens (tertiary/aromatic N) is 3. The van der Waals surface area contributed by atoms with Crippen LogP contribution in [0.15, 0.2) is 67.0 Å². The van der Waals surface area contributed by atoms with E-state index in [1.165, 1.54) is 53.7 Å². The highest BCUT2D eigenvalue weighted by molar-refractivity contribution is 5.94. The van der Waals surface area contributed by atoms with E-state index in [2.05, 4.69) is 15.3 Å². The number of carbonyl (C=O) groups is 3. The molecule has 1 aliphatic rings. The number of carbonyl (C=O) groups excluding carboxylic acids is 3. The Kier molecular flexibility index (Phi) is 9.76. The highest BCUT2D eigenvalue weighted by Crippen LogP contribution is 2.38. The van der Waals surface area contributed by atoms with Crippen LogP contribution in [0.3, 0.4) is 0 Å². The van der Waals surface area contributed by atoms with Crippen LogP contribution in [-0.2, 0) is 17.5 Å². The summed E-state index contributed by atoms with van der Waals surface area (Å²) in [4.78, 5) is 44.4. The Morgan fingerprint density at radius 3 is 2.39 bits per heavy atom. The van der Waals surface area contributed by atoms with Crippen molar-refractivity contribution in [1.29, 1.82) is 0 Å². The lowest BCUT2D eigenvalue weighted by Crippen LogP contribution is -2.42. The topological polar surface area (TPSA) is 137 Å². The van der Waals surface area contributed by atoms with Crippen LogP contribution in [0.4, 0.5) is 32.6 Å². The van der Waals surface area contributed by atoms with Crippen molar-refractivity contribution < 1.29 is 46.2 Å². The number of likely N-dealkylation sites (tertiary alicyclic amines) is 1. The van der Waals surface area contributed by atoms with Crippen molar-refractivity contribution in [3.8, 4) is 17.0 Å².